The quantitative estimate of drug-likeness (QED) is 0.560. The average molecular weight is 327 g/mol. The van der Waals surface area contributed by atoms with Crippen molar-refractivity contribution >= 4 is 30.1 Å². The van der Waals surface area contributed by atoms with E-state index in [1.165, 1.54) is 6.33 Å². The molecule has 2 rings (SSSR count). The number of aliphatic hydroxyl groups is 1. The largest absolute Gasteiger partial charge is 0.388 e. The van der Waals surface area contributed by atoms with Crippen molar-refractivity contribution in [3.63, 3.8) is 0 Å². The molecule has 2 heterocycles. The Kier molecular flexibility index (Phi) is 6.17. The number of nitrogens with zero attached hydrogens (tertiary/aromatic N) is 5. The van der Waals surface area contributed by atoms with Gasteiger partial charge in [-0.3, -0.25) is 0 Å². The third kappa shape index (κ3) is 4.27. The molecule has 0 aliphatic rings. The van der Waals surface area contributed by atoms with Gasteiger partial charge in [0.1, 0.15) is 24.3 Å². The summed E-state index contributed by atoms with van der Waals surface area (Å²) < 4.78 is 12.4. The van der Waals surface area contributed by atoms with Crippen LogP contribution in [0.15, 0.2) is 12.5 Å². The van der Waals surface area contributed by atoms with Gasteiger partial charge < -0.3 is 18.7 Å². The van der Waals surface area contributed by atoms with Crippen LogP contribution in [-0.4, -0.2) is 37.8 Å². The van der Waals surface area contributed by atoms with Crippen molar-refractivity contribution in [3.8, 4) is 6.07 Å². The fourth-order valence-electron chi connectivity index (χ4n) is 1.72. The van der Waals surface area contributed by atoms with E-state index in [9.17, 15) is 5.11 Å². The molecule has 0 aliphatic carbocycles. The zero-order chi connectivity index (χ0) is 15.1. The Morgan fingerprint density at radius 3 is 3.00 bits per heavy atom. The maximum Gasteiger partial charge on any atom is 0.176 e. The molecule has 21 heavy (non-hydrogen) atoms. The van der Waals surface area contributed by atoms with Crippen LogP contribution in [0.2, 0.25) is 0 Å². The molecule has 1 unspecified atom stereocenters. The molecule has 0 saturated carbocycles. The average Bonchev–Trinajstić information content (AvgIpc) is 2.86. The number of fused-ring (bicyclic) bond motifs is 1. The first-order valence-corrected chi connectivity index (χ1v) is 8.63. The first kappa shape index (κ1) is 15.9. The minimum atomic E-state index is -1.78. The van der Waals surface area contributed by atoms with Crippen LogP contribution in [0.25, 0.3) is 11.2 Å². The molecule has 0 radical (unpaired) electrons. The molecule has 0 amide bonds. The predicted molar refractivity (Wildman–Crippen MR) is 79.1 cm³/mol. The van der Waals surface area contributed by atoms with Crippen LogP contribution >= 0.6 is 7.15 Å². The number of aromatic nitrogens is 4. The van der Waals surface area contributed by atoms with Gasteiger partial charge in [0.15, 0.2) is 12.8 Å². The van der Waals surface area contributed by atoms with Crippen LogP contribution < -0.4 is 0 Å². The monoisotopic (exact) mass is 327 g/mol. The van der Waals surface area contributed by atoms with Crippen molar-refractivity contribution in [2.24, 2.45) is 0 Å². The Balaban J connectivity index is 1.94. The first-order valence-electron chi connectivity index (χ1n) is 6.18. The lowest BCUT2D eigenvalue weighted by Gasteiger charge is -2.09. The molecular formula is C11H14N5O3PS. The van der Waals surface area contributed by atoms with Crippen molar-refractivity contribution in [1.82, 2.24) is 19.5 Å². The zero-order valence-electron chi connectivity index (χ0n) is 11.1. The van der Waals surface area contributed by atoms with Gasteiger partial charge in [0.25, 0.3) is 0 Å². The van der Waals surface area contributed by atoms with Crippen LogP contribution in [-0.2, 0) is 34.0 Å². The van der Waals surface area contributed by atoms with Gasteiger partial charge in [-0.05, 0) is 11.8 Å². The standard InChI is InChI=1S/C11H14N5O3PS/c12-2-1-4-18-20(21)19-5-3-16-10(7-17)15-9-6-13-8-14-11(9)16/h6,8,17,20H,1,3-5,7H2. The second-order valence-corrected chi connectivity index (χ2v) is 6.00. The summed E-state index contributed by atoms with van der Waals surface area (Å²) >= 11 is 5.05. The van der Waals surface area contributed by atoms with Gasteiger partial charge in [0.2, 0.25) is 0 Å². The highest BCUT2D eigenvalue weighted by Gasteiger charge is 2.11. The number of aliphatic hydroxyl groups excluding tert-OH is 1. The summed E-state index contributed by atoms with van der Waals surface area (Å²) in [4.78, 5) is 12.3. The SMILES string of the molecule is N#CCCO[PH](=S)OCCn1c(CO)nc2cncnc21. The third-order valence-corrected chi connectivity index (χ3v) is 4.19. The second kappa shape index (κ2) is 8.12. The Morgan fingerprint density at radius 2 is 2.24 bits per heavy atom. The van der Waals surface area contributed by atoms with E-state index in [0.29, 0.717) is 36.6 Å². The van der Waals surface area contributed by atoms with E-state index in [0.717, 1.165) is 0 Å². The van der Waals surface area contributed by atoms with Crippen LogP contribution in [0.3, 0.4) is 0 Å². The third-order valence-electron chi connectivity index (χ3n) is 2.60. The van der Waals surface area contributed by atoms with Gasteiger partial charge in [-0.1, -0.05) is 0 Å². The van der Waals surface area contributed by atoms with E-state index in [4.69, 9.17) is 26.1 Å². The highest BCUT2D eigenvalue weighted by molar-refractivity contribution is 8.00. The fraction of sp³-hybridized carbons (Fsp3) is 0.455. The number of hydrogen-bond donors (Lipinski definition) is 1. The van der Waals surface area contributed by atoms with E-state index in [-0.39, 0.29) is 13.2 Å². The molecule has 2 aromatic rings. The highest BCUT2D eigenvalue weighted by atomic mass is 32.4. The van der Waals surface area contributed by atoms with Crippen molar-refractivity contribution in [3.05, 3.63) is 18.3 Å². The molecule has 0 bridgehead atoms. The molecule has 0 spiro atoms. The van der Waals surface area contributed by atoms with Gasteiger partial charge in [-0.15, -0.1) is 0 Å². The molecule has 112 valence electrons. The number of rotatable bonds is 8. The molecule has 8 nitrogen and oxygen atoms in total. The van der Waals surface area contributed by atoms with Crippen molar-refractivity contribution < 1.29 is 14.2 Å². The van der Waals surface area contributed by atoms with E-state index in [2.05, 4.69) is 15.0 Å². The van der Waals surface area contributed by atoms with Crippen molar-refractivity contribution in [1.29, 1.82) is 5.26 Å². The van der Waals surface area contributed by atoms with Gasteiger partial charge in [-0.2, -0.15) is 5.26 Å². The van der Waals surface area contributed by atoms with E-state index >= 15 is 0 Å². The summed E-state index contributed by atoms with van der Waals surface area (Å²) in [5, 5.41) is 17.7. The topological polar surface area (TPSA) is 106 Å². The second-order valence-electron chi connectivity index (χ2n) is 3.92. The number of hydrogen-bond acceptors (Lipinski definition) is 8. The van der Waals surface area contributed by atoms with E-state index < -0.39 is 7.15 Å². The summed E-state index contributed by atoms with van der Waals surface area (Å²) in [5.41, 5.74) is 1.26. The van der Waals surface area contributed by atoms with Crippen molar-refractivity contribution in [2.75, 3.05) is 13.2 Å². The molecule has 0 aliphatic heterocycles. The number of nitriles is 1. The number of imidazole rings is 1. The normalized spacial score (nSPS) is 12.4. The smallest absolute Gasteiger partial charge is 0.176 e. The van der Waals surface area contributed by atoms with Crippen LogP contribution in [0.4, 0.5) is 0 Å². The molecular weight excluding hydrogens is 313 g/mol. The fourth-order valence-corrected chi connectivity index (χ4v) is 2.83. The molecule has 0 fully saturated rings. The van der Waals surface area contributed by atoms with E-state index in [1.807, 2.05) is 6.07 Å². The minimum absolute atomic E-state index is 0.194. The molecule has 1 atom stereocenters. The molecule has 10 heteroatoms. The summed E-state index contributed by atoms with van der Waals surface area (Å²) in [5.74, 6) is 0.498. The summed E-state index contributed by atoms with van der Waals surface area (Å²) in [6, 6.07) is 1.97. The maximum atomic E-state index is 9.33. The Labute approximate surface area is 127 Å². The summed E-state index contributed by atoms with van der Waals surface area (Å²) in [7, 11) is -1.78. The first-order chi connectivity index (χ1) is 10.3. The van der Waals surface area contributed by atoms with Crippen molar-refractivity contribution in [2.45, 2.75) is 19.6 Å². The van der Waals surface area contributed by atoms with Gasteiger partial charge in [0, 0.05) is 6.54 Å². The molecule has 2 aromatic heterocycles. The maximum absolute atomic E-state index is 9.33. The van der Waals surface area contributed by atoms with E-state index in [1.54, 1.807) is 10.8 Å². The Morgan fingerprint density at radius 1 is 1.43 bits per heavy atom. The molecule has 0 saturated heterocycles. The van der Waals surface area contributed by atoms with Crippen LogP contribution in [0, 0.1) is 11.3 Å². The van der Waals surface area contributed by atoms with Gasteiger partial charge >= 0.3 is 0 Å². The van der Waals surface area contributed by atoms with Crippen LogP contribution in [0.1, 0.15) is 12.2 Å². The molecule has 1 N–H and O–H groups in total. The van der Waals surface area contributed by atoms with Crippen LogP contribution in [0.5, 0.6) is 0 Å². The summed E-state index contributed by atoms with van der Waals surface area (Å²) in [6.45, 7) is 0.876. The lowest BCUT2D eigenvalue weighted by atomic mass is 10.5. The van der Waals surface area contributed by atoms with Gasteiger partial charge in [-0.25, -0.2) is 15.0 Å². The Bertz CT molecular complexity index is 671. The lowest BCUT2D eigenvalue weighted by Crippen LogP contribution is -2.08. The molecule has 0 aromatic carbocycles. The zero-order valence-corrected chi connectivity index (χ0v) is 12.9. The summed E-state index contributed by atoms with van der Waals surface area (Å²) in [6.07, 6.45) is 3.31. The highest BCUT2D eigenvalue weighted by Crippen LogP contribution is 2.24. The lowest BCUT2D eigenvalue weighted by molar-refractivity contribution is 0.245. The minimum Gasteiger partial charge on any atom is -0.388 e. The van der Waals surface area contributed by atoms with Gasteiger partial charge in [0.05, 0.1) is 31.9 Å². The Hall–Kier alpha value is -1.43. The predicted octanol–water partition coefficient (Wildman–Crippen LogP) is 0.772.